The van der Waals surface area contributed by atoms with Crippen LogP contribution in [0.1, 0.15) is 13.3 Å². The highest BCUT2D eigenvalue weighted by Gasteiger charge is 2.14. The number of hydrogen-bond donors (Lipinski definition) is 1. The van der Waals surface area contributed by atoms with Gasteiger partial charge < -0.3 is 5.32 Å². The summed E-state index contributed by atoms with van der Waals surface area (Å²) in [4.78, 5) is 29.2. The number of thiophene rings is 1. The van der Waals surface area contributed by atoms with E-state index in [9.17, 15) is 14.0 Å². The molecule has 0 aliphatic carbocycles. The van der Waals surface area contributed by atoms with Crippen LogP contribution in [0.25, 0.3) is 10.2 Å². The van der Waals surface area contributed by atoms with Crippen molar-refractivity contribution in [2.24, 2.45) is 0 Å². The molecule has 0 aliphatic rings. The molecule has 0 saturated carbocycles. The first kappa shape index (κ1) is 17.6. The summed E-state index contributed by atoms with van der Waals surface area (Å²) in [6, 6.07) is 7.52. The number of anilines is 1. The van der Waals surface area contributed by atoms with Gasteiger partial charge in [-0.3, -0.25) is 14.2 Å². The van der Waals surface area contributed by atoms with Crippen molar-refractivity contribution in [2.45, 2.75) is 25.0 Å². The van der Waals surface area contributed by atoms with Gasteiger partial charge in [0.2, 0.25) is 5.91 Å². The van der Waals surface area contributed by atoms with E-state index < -0.39 is 5.82 Å². The van der Waals surface area contributed by atoms with Crippen molar-refractivity contribution in [2.75, 3.05) is 11.1 Å². The predicted octanol–water partition coefficient (Wildman–Crippen LogP) is 3.74. The lowest BCUT2D eigenvalue weighted by atomic mass is 10.3. The molecule has 3 rings (SSSR count). The van der Waals surface area contributed by atoms with Crippen molar-refractivity contribution in [3.05, 3.63) is 51.9 Å². The van der Waals surface area contributed by atoms with Gasteiger partial charge in [0.15, 0.2) is 5.16 Å². The number of benzene rings is 1. The summed E-state index contributed by atoms with van der Waals surface area (Å²) in [5.74, 6) is -0.604. The Hall–Kier alpha value is -2.19. The fourth-order valence-corrected chi connectivity index (χ4v) is 3.95. The monoisotopic (exact) mass is 377 g/mol. The topological polar surface area (TPSA) is 64.0 Å². The van der Waals surface area contributed by atoms with Gasteiger partial charge in [-0.25, -0.2) is 9.37 Å². The SMILES string of the molecule is CCCn1c(SCC(=O)Nc2cccc(F)c2)nc2ccsc2c1=O. The van der Waals surface area contributed by atoms with Crippen LogP contribution in [0.3, 0.4) is 0 Å². The molecule has 1 aromatic carbocycles. The molecule has 2 aromatic heterocycles. The predicted molar refractivity (Wildman–Crippen MR) is 99.9 cm³/mol. The fourth-order valence-electron chi connectivity index (χ4n) is 2.35. The fraction of sp³-hybridized carbons (Fsp3) is 0.235. The Morgan fingerprint density at radius 3 is 3.00 bits per heavy atom. The number of amides is 1. The van der Waals surface area contributed by atoms with Gasteiger partial charge in [-0.2, -0.15) is 0 Å². The maximum absolute atomic E-state index is 13.2. The number of hydrogen-bond acceptors (Lipinski definition) is 5. The van der Waals surface area contributed by atoms with Crippen molar-refractivity contribution < 1.29 is 9.18 Å². The molecule has 0 spiro atoms. The Balaban J connectivity index is 1.77. The molecule has 25 heavy (non-hydrogen) atoms. The average molecular weight is 377 g/mol. The third-order valence-corrected chi connectivity index (χ3v) is 5.29. The number of thioether (sulfide) groups is 1. The van der Waals surface area contributed by atoms with Crippen LogP contribution in [0.5, 0.6) is 0 Å². The smallest absolute Gasteiger partial charge is 0.272 e. The normalized spacial score (nSPS) is 11.0. The Morgan fingerprint density at radius 2 is 2.24 bits per heavy atom. The van der Waals surface area contributed by atoms with Crippen LogP contribution < -0.4 is 10.9 Å². The molecule has 1 N–H and O–H groups in total. The molecular weight excluding hydrogens is 361 g/mol. The summed E-state index contributed by atoms with van der Waals surface area (Å²) in [6.07, 6.45) is 0.793. The second-order valence-corrected chi connectivity index (χ2v) is 7.19. The lowest BCUT2D eigenvalue weighted by molar-refractivity contribution is -0.113. The van der Waals surface area contributed by atoms with Crippen molar-refractivity contribution >= 4 is 44.9 Å². The number of aromatic nitrogens is 2. The van der Waals surface area contributed by atoms with Crippen LogP contribution in [0.15, 0.2) is 45.7 Å². The van der Waals surface area contributed by atoms with Crippen LogP contribution >= 0.6 is 23.1 Å². The number of carbonyl (C=O) groups is 1. The highest BCUT2D eigenvalue weighted by atomic mass is 32.2. The van der Waals surface area contributed by atoms with Gasteiger partial charge in [-0.05, 0) is 36.1 Å². The second-order valence-electron chi connectivity index (χ2n) is 5.33. The largest absolute Gasteiger partial charge is 0.325 e. The first-order chi connectivity index (χ1) is 12.1. The summed E-state index contributed by atoms with van der Waals surface area (Å²) < 4.78 is 15.4. The van der Waals surface area contributed by atoms with Crippen molar-refractivity contribution in [1.29, 1.82) is 0 Å². The molecular formula is C17H16FN3O2S2. The van der Waals surface area contributed by atoms with E-state index in [4.69, 9.17) is 0 Å². The number of nitrogens with zero attached hydrogens (tertiary/aromatic N) is 2. The molecule has 0 fully saturated rings. The maximum Gasteiger partial charge on any atom is 0.272 e. The van der Waals surface area contributed by atoms with Gasteiger partial charge in [-0.15, -0.1) is 11.3 Å². The number of carbonyl (C=O) groups excluding carboxylic acids is 1. The summed E-state index contributed by atoms with van der Waals surface area (Å²) in [5.41, 5.74) is 0.975. The van der Waals surface area contributed by atoms with E-state index in [1.165, 1.54) is 41.3 Å². The lowest BCUT2D eigenvalue weighted by Gasteiger charge is -2.11. The van der Waals surface area contributed by atoms with Crippen LogP contribution in [-0.2, 0) is 11.3 Å². The van der Waals surface area contributed by atoms with Crippen molar-refractivity contribution in [3.8, 4) is 0 Å². The zero-order valence-corrected chi connectivity index (χ0v) is 15.1. The van der Waals surface area contributed by atoms with Crippen LogP contribution in [0.4, 0.5) is 10.1 Å². The van der Waals surface area contributed by atoms with E-state index in [0.717, 1.165) is 6.42 Å². The van der Waals surface area contributed by atoms with Crippen LogP contribution in [0, 0.1) is 5.82 Å². The molecule has 1 amide bonds. The van der Waals surface area contributed by atoms with Gasteiger partial charge in [-0.1, -0.05) is 24.8 Å². The zero-order chi connectivity index (χ0) is 17.8. The average Bonchev–Trinajstić information content (AvgIpc) is 3.05. The number of rotatable bonds is 6. The Labute approximate surface area is 151 Å². The molecule has 0 bridgehead atoms. The number of nitrogens with one attached hydrogen (secondary N) is 1. The summed E-state index contributed by atoms with van der Waals surface area (Å²) >= 11 is 2.57. The third-order valence-electron chi connectivity index (χ3n) is 3.42. The van der Waals surface area contributed by atoms with Gasteiger partial charge in [0.05, 0.1) is 11.3 Å². The second kappa shape index (κ2) is 7.79. The molecule has 0 aliphatic heterocycles. The highest BCUT2D eigenvalue weighted by Crippen LogP contribution is 2.21. The summed E-state index contributed by atoms with van der Waals surface area (Å²) in [7, 11) is 0. The van der Waals surface area contributed by atoms with Gasteiger partial charge in [0.1, 0.15) is 10.5 Å². The van der Waals surface area contributed by atoms with Gasteiger partial charge >= 0.3 is 0 Å². The van der Waals surface area contributed by atoms with E-state index in [1.807, 2.05) is 12.3 Å². The van der Waals surface area contributed by atoms with E-state index in [2.05, 4.69) is 10.3 Å². The molecule has 0 radical (unpaired) electrons. The molecule has 8 heteroatoms. The zero-order valence-electron chi connectivity index (χ0n) is 13.5. The molecule has 0 atom stereocenters. The number of halogens is 1. The van der Waals surface area contributed by atoms with Crippen molar-refractivity contribution in [1.82, 2.24) is 9.55 Å². The first-order valence-electron chi connectivity index (χ1n) is 7.74. The standard InChI is InChI=1S/C17H16FN3O2S2/c1-2-7-21-16(23)15-13(6-8-24-15)20-17(21)25-10-14(22)19-12-5-3-4-11(18)9-12/h3-6,8-9H,2,7,10H2,1H3,(H,19,22). The summed E-state index contributed by atoms with van der Waals surface area (Å²) in [6.45, 7) is 2.53. The minimum absolute atomic E-state index is 0.0742. The first-order valence-corrected chi connectivity index (χ1v) is 9.61. The maximum atomic E-state index is 13.2. The van der Waals surface area contributed by atoms with Crippen LogP contribution in [-0.4, -0.2) is 21.2 Å². The minimum Gasteiger partial charge on any atom is -0.325 e. The molecule has 2 heterocycles. The Bertz CT molecular complexity index is 968. The highest BCUT2D eigenvalue weighted by molar-refractivity contribution is 7.99. The Kier molecular flexibility index (Phi) is 5.50. The van der Waals surface area contributed by atoms with Gasteiger partial charge in [0.25, 0.3) is 5.56 Å². The van der Waals surface area contributed by atoms with Crippen LogP contribution in [0.2, 0.25) is 0 Å². The van der Waals surface area contributed by atoms with E-state index in [0.29, 0.717) is 27.6 Å². The minimum atomic E-state index is -0.410. The lowest BCUT2D eigenvalue weighted by Crippen LogP contribution is -2.23. The number of fused-ring (bicyclic) bond motifs is 1. The molecule has 0 unspecified atom stereocenters. The molecule has 5 nitrogen and oxygen atoms in total. The molecule has 3 aromatic rings. The summed E-state index contributed by atoms with van der Waals surface area (Å²) in [5, 5.41) is 4.99. The van der Waals surface area contributed by atoms with E-state index in [-0.39, 0.29) is 17.2 Å². The quantitative estimate of drug-likeness (QED) is 0.525. The van der Waals surface area contributed by atoms with Gasteiger partial charge in [0, 0.05) is 12.2 Å². The Morgan fingerprint density at radius 1 is 1.40 bits per heavy atom. The van der Waals surface area contributed by atoms with Crippen molar-refractivity contribution in [3.63, 3.8) is 0 Å². The third kappa shape index (κ3) is 4.08. The molecule has 130 valence electrons. The van der Waals surface area contributed by atoms with E-state index in [1.54, 1.807) is 16.7 Å². The molecule has 0 saturated heterocycles. The van der Waals surface area contributed by atoms with E-state index >= 15 is 0 Å².